The normalized spacial score (nSPS) is 18.0. The van der Waals surface area contributed by atoms with E-state index in [2.05, 4.69) is 23.2 Å². The summed E-state index contributed by atoms with van der Waals surface area (Å²) in [4.78, 5) is 14.2. The summed E-state index contributed by atoms with van der Waals surface area (Å²) in [6, 6.07) is 8.46. The van der Waals surface area contributed by atoms with E-state index in [9.17, 15) is 4.79 Å². The van der Waals surface area contributed by atoms with Gasteiger partial charge in [0.05, 0.1) is 7.11 Å². The first-order chi connectivity index (χ1) is 10.8. The number of methoxy groups -OCH3 is 1. The van der Waals surface area contributed by atoms with E-state index in [1.54, 1.807) is 7.11 Å². The van der Waals surface area contributed by atoms with Crippen LogP contribution in [0.4, 0.5) is 0 Å². The number of nitrogens with zero attached hydrogens (tertiary/aromatic N) is 1. The maximum atomic E-state index is 12.1. The molecule has 0 bridgehead atoms. The second-order valence-electron chi connectivity index (χ2n) is 5.88. The van der Waals surface area contributed by atoms with Crippen LogP contribution in [0.1, 0.15) is 38.2 Å². The van der Waals surface area contributed by atoms with Crippen molar-refractivity contribution in [2.24, 2.45) is 0 Å². The van der Waals surface area contributed by atoms with Gasteiger partial charge < -0.3 is 15.0 Å². The summed E-state index contributed by atoms with van der Waals surface area (Å²) in [6.45, 7) is 5.02. The van der Waals surface area contributed by atoms with Crippen molar-refractivity contribution < 1.29 is 9.53 Å². The molecular formula is C18H28N2O2. The molecule has 4 heteroatoms. The molecule has 1 unspecified atom stereocenters. The zero-order valence-corrected chi connectivity index (χ0v) is 13.8. The molecular weight excluding hydrogens is 276 g/mol. The van der Waals surface area contributed by atoms with Crippen molar-refractivity contribution in [2.45, 2.75) is 45.1 Å². The predicted octanol–water partition coefficient (Wildman–Crippen LogP) is 2.62. The van der Waals surface area contributed by atoms with Crippen molar-refractivity contribution in [2.75, 3.05) is 26.7 Å². The molecule has 1 atom stereocenters. The number of ether oxygens (including phenoxy) is 1. The number of hydrogen-bond donors (Lipinski definition) is 1. The minimum atomic E-state index is 0.301. The Morgan fingerprint density at radius 1 is 1.32 bits per heavy atom. The molecule has 122 valence electrons. The lowest BCUT2D eigenvalue weighted by molar-refractivity contribution is -0.129. The monoisotopic (exact) mass is 304 g/mol. The number of para-hydroxylation sites is 1. The van der Waals surface area contributed by atoms with Crippen LogP contribution in [0.5, 0.6) is 5.75 Å². The fourth-order valence-corrected chi connectivity index (χ4v) is 3.12. The van der Waals surface area contributed by atoms with Crippen LogP contribution >= 0.6 is 0 Å². The van der Waals surface area contributed by atoms with Crippen LogP contribution in [0.2, 0.25) is 0 Å². The molecule has 2 rings (SSSR count). The third kappa shape index (κ3) is 4.47. The van der Waals surface area contributed by atoms with E-state index in [0.29, 0.717) is 18.4 Å². The van der Waals surface area contributed by atoms with Gasteiger partial charge in [-0.2, -0.15) is 0 Å². The van der Waals surface area contributed by atoms with Crippen molar-refractivity contribution in [3.05, 3.63) is 29.8 Å². The zero-order valence-electron chi connectivity index (χ0n) is 13.8. The van der Waals surface area contributed by atoms with E-state index in [-0.39, 0.29) is 0 Å². The van der Waals surface area contributed by atoms with Gasteiger partial charge in [0, 0.05) is 19.0 Å². The Balaban J connectivity index is 1.87. The summed E-state index contributed by atoms with van der Waals surface area (Å²) in [7, 11) is 1.70. The summed E-state index contributed by atoms with van der Waals surface area (Å²) in [5.41, 5.74) is 1.17. The topological polar surface area (TPSA) is 41.6 Å². The van der Waals surface area contributed by atoms with Gasteiger partial charge in [0.25, 0.3) is 0 Å². The lowest BCUT2D eigenvalue weighted by atomic mass is 10.1. The predicted molar refractivity (Wildman–Crippen MR) is 89.2 cm³/mol. The van der Waals surface area contributed by atoms with Crippen LogP contribution < -0.4 is 10.1 Å². The lowest BCUT2D eigenvalue weighted by Gasteiger charge is -2.25. The molecule has 1 N–H and O–H groups in total. The van der Waals surface area contributed by atoms with Gasteiger partial charge in [-0.1, -0.05) is 25.1 Å². The van der Waals surface area contributed by atoms with E-state index >= 15 is 0 Å². The van der Waals surface area contributed by atoms with Gasteiger partial charge in [-0.05, 0) is 50.4 Å². The second-order valence-corrected chi connectivity index (χ2v) is 5.88. The summed E-state index contributed by atoms with van der Waals surface area (Å²) in [5.74, 6) is 1.21. The van der Waals surface area contributed by atoms with Gasteiger partial charge in [0.15, 0.2) is 0 Å². The number of carbonyl (C=O) groups excluding carboxylic acids is 1. The third-order valence-corrected chi connectivity index (χ3v) is 4.35. The van der Waals surface area contributed by atoms with E-state index in [0.717, 1.165) is 51.1 Å². The Labute approximate surface area is 133 Å². The number of benzene rings is 1. The number of likely N-dealkylation sites (tertiary alicyclic amines) is 1. The molecule has 1 fully saturated rings. The van der Waals surface area contributed by atoms with E-state index in [4.69, 9.17) is 4.74 Å². The average Bonchev–Trinajstić information content (AvgIpc) is 2.90. The number of rotatable bonds is 9. The Morgan fingerprint density at radius 2 is 2.14 bits per heavy atom. The quantitative estimate of drug-likeness (QED) is 0.713. The largest absolute Gasteiger partial charge is 0.496 e. The molecule has 0 aliphatic carbocycles. The molecule has 1 aliphatic rings. The first kappa shape index (κ1) is 16.8. The number of amides is 1. The van der Waals surface area contributed by atoms with E-state index in [1.807, 2.05) is 18.2 Å². The van der Waals surface area contributed by atoms with Crippen molar-refractivity contribution in [1.82, 2.24) is 10.2 Å². The van der Waals surface area contributed by atoms with Gasteiger partial charge in [-0.3, -0.25) is 4.79 Å². The minimum absolute atomic E-state index is 0.301. The molecule has 1 amide bonds. The van der Waals surface area contributed by atoms with E-state index < -0.39 is 0 Å². The Bertz CT molecular complexity index is 476. The van der Waals surface area contributed by atoms with Crippen LogP contribution in [-0.4, -0.2) is 43.6 Å². The molecule has 0 spiro atoms. The second kappa shape index (κ2) is 8.79. The fourth-order valence-electron chi connectivity index (χ4n) is 3.12. The van der Waals surface area contributed by atoms with Gasteiger partial charge >= 0.3 is 0 Å². The molecule has 1 heterocycles. The highest BCUT2D eigenvalue weighted by atomic mass is 16.5. The molecule has 1 aromatic carbocycles. The van der Waals surface area contributed by atoms with Crippen molar-refractivity contribution in [3.8, 4) is 5.75 Å². The van der Waals surface area contributed by atoms with E-state index in [1.165, 1.54) is 5.56 Å². The minimum Gasteiger partial charge on any atom is -0.496 e. The molecule has 1 aromatic rings. The Hall–Kier alpha value is -1.55. The fraction of sp³-hybridized carbons (Fsp3) is 0.611. The highest BCUT2D eigenvalue weighted by Crippen LogP contribution is 2.23. The number of carbonyl (C=O) groups is 1. The smallest absolute Gasteiger partial charge is 0.222 e. The SMILES string of the molecule is CCCNCCC1CCC(=O)N1CCc1ccccc1OC. The highest BCUT2D eigenvalue weighted by Gasteiger charge is 2.30. The lowest BCUT2D eigenvalue weighted by Crippen LogP contribution is -2.36. The zero-order chi connectivity index (χ0) is 15.8. The van der Waals surface area contributed by atoms with Crippen LogP contribution in [0.25, 0.3) is 0 Å². The first-order valence-electron chi connectivity index (χ1n) is 8.38. The van der Waals surface area contributed by atoms with Crippen LogP contribution in [0.15, 0.2) is 24.3 Å². The molecule has 0 saturated carbocycles. The van der Waals surface area contributed by atoms with Gasteiger partial charge in [0.1, 0.15) is 5.75 Å². The molecule has 4 nitrogen and oxygen atoms in total. The van der Waals surface area contributed by atoms with Crippen molar-refractivity contribution >= 4 is 5.91 Å². The molecule has 0 radical (unpaired) electrons. The van der Waals surface area contributed by atoms with Crippen molar-refractivity contribution in [3.63, 3.8) is 0 Å². The van der Waals surface area contributed by atoms with Crippen molar-refractivity contribution in [1.29, 1.82) is 0 Å². The summed E-state index contributed by atoms with van der Waals surface area (Å²) < 4.78 is 5.39. The molecule has 1 saturated heterocycles. The maximum Gasteiger partial charge on any atom is 0.222 e. The van der Waals surface area contributed by atoms with Crippen LogP contribution in [0.3, 0.4) is 0 Å². The molecule has 0 aromatic heterocycles. The Morgan fingerprint density at radius 3 is 2.91 bits per heavy atom. The average molecular weight is 304 g/mol. The standard InChI is InChI=1S/C18H28N2O2/c1-3-12-19-13-10-16-8-9-18(21)20(16)14-11-15-6-4-5-7-17(15)22-2/h4-7,16,19H,3,8-14H2,1-2H3. The summed E-state index contributed by atoms with van der Waals surface area (Å²) >= 11 is 0. The number of hydrogen-bond acceptors (Lipinski definition) is 3. The summed E-state index contributed by atoms with van der Waals surface area (Å²) in [6.07, 6.45) is 4.76. The van der Waals surface area contributed by atoms with Gasteiger partial charge in [-0.25, -0.2) is 0 Å². The maximum absolute atomic E-state index is 12.1. The van der Waals surface area contributed by atoms with Gasteiger partial charge in [0.2, 0.25) is 5.91 Å². The first-order valence-corrected chi connectivity index (χ1v) is 8.38. The number of nitrogens with one attached hydrogen (secondary N) is 1. The Kier molecular flexibility index (Phi) is 6.72. The van der Waals surface area contributed by atoms with Gasteiger partial charge in [-0.15, -0.1) is 0 Å². The van der Waals surface area contributed by atoms with Crippen LogP contribution in [0, 0.1) is 0 Å². The summed E-state index contributed by atoms with van der Waals surface area (Å²) in [5, 5.41) is 3.43. The van der Waals surface area contributed by atoms with Crippen LogP contribution in [-0.2, 0) is 11.2 Å². The molecule has 1 aliphatic heterocycles. The highest BCUT2D eigenvalue weighted by molar-refractivity contribution is 5.78. The molecule has 22 heavy (non-hydrogen) atoms. The third-order valence-electron chi connectivity index (χ3n) is 4.35.